The average molecular weight is 265 g/mol. The highest BCUT2D eigenvalue weighted by Crippen LogP contribution is 2.25. The van der Waals surface area contributed by atoms with Crippen LogP contribution in [0.3, 0.4) is 0 Å². The Morgan fingerprint density at radius 1 is 1.61 bits per heavy atom. The summed E-state index contributed by atoms with van der Waals surface area (Å²) in [5.41, 5.74) is 3.44. The lowest BCUT2D eigenvalue weighted by Gasteiger charge is -2.04. The number of methoxy groups -OCH3 is 1. The molecule has 0 aliphatic heterocycles. The first kappa shape index (κ1) is 14.0. The normalized spacial score (nSPS) is 10.1. The second kappa shape index (κ2) is 7.29. The minimum atomic E-state index is 0.0887. The smallest absolute Gasteiger partial charge is 0.187 e. The lowest BCUT2D eigenvalue weighted by molar-refractivity contribution is 0.373. The molecule has 0 unspecified atom stereocenters. The lowest BCUT2D eigenvalue weighted by atomic mass is 10.2. The summed E-state index contributed by atoms with van der Waals surface area (Å²) in [7, 11) is 1.49. The molecule has 0 atom stereocenters. The second-order valence-electron chi connectivity index (χ2n) is 3.30. The first-order valence-corrected chi connectivity index (χ1v) is 5.63. The van der Waals surface area contributed by atoms with Gasteiger partial charge in [0, 0.05) is 6.54 Å². The van der Waals surface area contributed by atoms with Crippen LogP contribution in [0.5, 0.6) is 11.5 Å². The Balaban J connectivity index is 2.56. The van der Waals surface area contributed by atoms with Crippen LogP contribution in [0.4, 0.5) is 0 Å². The molecule has 1 aromatic rings. The Morgan fingerprint density at radius 2 is 2.39 bits per heavy atom. The van der Waals surface area contributed by atoms with Crippen molar-refractivity contribution in [3.63, 3.8) is 0 Å². The van der Waals surface area contributed by atoms with Crippen molar-refractivity contribution in [2.45, 2.75) is 0 Å². The molecule has 3 N–H and O–H groups in total. The van der Waals surface area contributed by atoms with Crippen molar-refractivity contribution in [1.29, 1.82) is 0 Å². The summed E-state index contributed by atoms with van der Waals surface area (Å²) in [5.74, 6) is 0.483. The number of rotatable bonds is 5. The van der Waals surface area contributed by atoms with Crippen molar-refractivity contribution < 1.29 is 9.84 Å². The van der Waals surface area contributed by atoms with Gasteiger partial charge in [0.05, 0.1) is 13.3 Å². The molecule has 0 fully saturated rings. The molecule has 6 heteroatoms. The summed E-state index contributed by atoms with van der Waals surface area (Å²) in [5, 5.41) is 16.7. The number of nitrogens with zero attached hydrogens (tertiary/aromatic N) is 1. The Labute approximate surface area is 111 Å². The van der Waals surface area contributed by atoms with Gasteiger partial charge in [-0.3, -0.25) is 5.43 Å². The Morgan fingerprint density at radius 3 is 3.06 bits per heavy atom. The molecule has 0 spiro atoms. The van der Waals surface area contributed by atoms with Crippen molar-refractivity contribution in [2.24, 2.45) is 5.10 Å². The van der Waals surface area contributed by atoms with Crippen LogP contribution in [0.25, 0.3) is 0 Å². The minimum Gasteiger partial charge on any atom is -0.504 e. The zero-order chi connectivity index (χ0) is 13.4. The van der Waals surface area contributed by atoms with Gasteiger partial charge in [0.1, 0.15) is 0 Å². The van der Waals surface area contributed by atoms with E-state index in [1.165, 1.54) is 13.2 Å². The monoisotopic (exact) mass is 265 g/mol. The fourth-order valence-corrected chi connectivity index (χ4v) is 1.28. The quantitative estimate of drug-likeness (QED) is 0.325. The van der Waals surface area contributed by atoms with Gasteiger partial charge in [-0.1, -0.05) is 6.08 Å². The van der Waals surface area contributed by atoms with E-state index >= 15 is 0 Å². The van der Waals surface area contributed by atoms with E-state index in [2.05, 4.69) is 22.4 Å². The maximum atomic E-state index is 9.42. The Kier molecular flexibility index (Phi) is 5.66. The van der Waals surface area contributed by atoms with Crippen molar-refractivity contribution >= 4 is 23.5 Å². The first-order valence-electron chi connectivity index (χ1n) is 5.22. The largest absolute Gasteiger partial charge is 0.504 e. The van der Waals surface area contributed by atoms with E-state index in [9.17, 15) is 5.11 Å². The van der Waals surface area contributed by atoms with Gasteiger partial charge >= 0.3 is 0 Å². The standard InChI is InChI=1S/C12H15N3O2S/c1-3-6-13-12(18)15-14-8-9-4-5-10(16)11(7-9)17-2/h3-5,7-8,16H,1,6H2,2H3,(H2,13,15,18)/b14-8+. The zero-order valence-electron chi connectivity index (χ0n) is 10.0. The molecule has 0 aromatic heterocycles. The van der Waals surface area contributed by atoms with Crippen LogP contribution in [-0.2, 0) is 0 Å². The van der Waals surface area contributed by atoms with E-state index in [0.29, 0.717) is 17.4 Å². The SMILES string of the molecule is C=CCNC(=S)N/N=C/c1ccc(O)c(OC)c1. The summed E-state index contributed by atoms with van der Waals surface area (Å²) in [6.07, 6.45) is 3.27. The van der Waals surface area contributed by atoms with E-state index in [1.807, 2.05) is 0 Å². The number of hydrazone groups is 1. The molecule has 0 aliphatic rings. The van der Waals surface area contributed by atoms with E-state index in [-0.39, 0.29) is 5.75 Å². The van der Waals surface area contributed by atoms with E-state index in [4.69, 9.17) is 17.0 Å². The van der Waals surface area contributed by atoms with Crippen LogP contribution < -0.4 is 15.5 Å². The number of hydrogen-bond donors (Lipinski definition) is 3. The first-order chi connectivity index (χ1) is 8.67. The molecule has 0 saturated carbocycles. The number of phenols is 1. The maximum absolute atomic E-state index is 9.42. The minimum absolute atomic E-state index is 0.0887. The van der Waals surface area contributed by atoms with Crippen molar-refractivity contribution in [1.82, 2.24) is 10.7 Å². The summed E-state index contributed by atoms with van der Waals surface area (Å²) in [6, 6.07) is 4.92. The molecule has 0 radical (unpaired) electrons. The fourth-order valence-electron chi connectivity index (χ4n) is 1.14. The third-order valence-electron chi connectivity index (χ3n) is 1.99. The molecule has 1 aromatic carbocycles. The third-order valence-corrected chi connectivity index (χ3v) is 2.23. The number of nitrogens with one attached hydrogen (secondary N) is 2. The highest BCUT2D eigenvalue weighted by molar-refractivity contribution is 7.80. The number of ether oxygens (including phenoxy) is 1. The van der Waals surface area contributed by atoms with Gasteiger partial charge in [-0.05, 0) is 36.0 Å². The van der Waals surface area contributed by atoms with Gasteiger partial charge < -0.3 is 15.2 Å². The van der Waals surface area contributed by atoms with Gasteiger partial charge in [-0.15, -0.1) is 6.58 Å². The molecule has 18 heavy (non-hydrogen) atoms. The number of phenolic OH excluding ortho intramolecular Hbond substituents is 1. The Hall–Kier alpha value is -2.08. The van der Waals surface area contributed by atoms with Crippen molar-refractivity contribution in [2.75, 3.05) is 13.7 Å². The third kappa shape index (κ3) is 4.42. The van der Waals surface area contributed by atoms with Crippen LogP contribution >= 0.6 is 12.2 Å². The van der Waals surface area contributed by atoms with Crippen LogP contribution in [0.15, 0.2) is 36.0 Å². The highest BCUT2D eigenvalue weighted by atomic mass is 32.1. The molecular formula is C12H15N3O2S. The van der Waals surface area contributed by atoms with Crippen LogP contribution in [0, 0.1) is 0 Å². The fraction of sp³-hybridized carbons (Fsp3) is 0.167. The number of benzene rings is 1. The van der Waals surface area contributed by atoms with Crippen LogP contribution in [-0.4, -0.2) is 30.1 Å². The van der Waals surface area contributed by atoms with E-state index < -0.39 is 0 Å². The zero-order valence-corrected chi connectivity index (χ0v) is 10.8. The molecule has 1 rings (SSSR count). The molecular weight excluding hydrogens is 250 g/mol. The van der Waals surface area contributed by atoms with Gasteiger partial charge in [-0.25, -0.2) is 0 Å². The molecule has 0 amide bonds. The number of thiocarbonyl (C=S) groups is 1. The van der Waals surface area contributed by atoms with Gasteiger partial charge in [0.15, 0.2) is 16.6 Å². The molecule has 0 heterocycles. The highest BCUT2D eigenvalue weighted by Gasteiger charge is 2.00. The molecule has 96 valence electrons. The molecule has 0 saturated heterocycles. The van der Waals surface area contributed by atoms with Crippen molar-refractivity contribution in [3.05, 3.63) is 36.4 Å². The molecule has 0 aliphatic carbocycles. The average Bonchev–Trinajstić information content (AvgIpc) is 2.38. The lowest BCUT2D eigenvalue weighted by Crippen LogP contribution is -2.31. The summed E-state index contributed by atoms with van der Waals surface area (Å²) >= 11 is 4.96. The van der Waals surface area contributed by atoms with E-state index in [1.54, 1.807) is 24.4 Å². The van der Waals surface area contributed by atoms with Gasteiger partial charge in [0.25, 0.3) is 0 Å². The summed E-state index contributed by atoms with van der Waals surface area (Å²) < 4.78 is 4.98. The predicted octanol–water partition coefficient (Wildman–Crippen LogP) is 1.38. The van der Waals surface area contributed by atoms with Gasteiger partial charge in [-0.2, -0.15) is 5.10 Å². The number of hydrogen-bond acceptors (Lipinski definition) is 4. The van der Waals surface area contributed by atoms with Gasteiger partial charge in [0.2, 0.25) is 0 Å². The van der Waals surface area contributed by atoms with E-state index in [0.717, 1.165) is 5.56 Å². The van der Waals surface area contributed by atoms with Crippen molar-refractivity contribution in [3.8, 4) is 11.5 Å². The summed E-state index contributed by atoms with van der Waals surface area (Å²) in [6.45, 7) is 4.14. The second-order valence-corrected chi connectivity index (χ2v) is 3.71. The molecule has 0 bridgehead atoms. The topological polar surface area (TPSA) is 65.9 Å². The predicted molar refractivity (Wildman–Crippen MR) is 76.2 cm³/mol. The molecule has 5 nitrogen and oxygen atoms in total. The van der Waals surface area contributed by atoms with Crippen LogP contribution in [0.1, 0.15) is 5.56 Å². The summed E-state index contributed by atoms with van der Waals surface area (Å²) in [4.78, 5) is 0. The van der Waals surface area contributed by atoms with Crippen LogP contribution in [0.2, 0.25) is 0 Å². The Bertz CT molecular complexity index is 461. The number of aromatic hydroxyl groups is 1. The maximum Gasteiger partial charge on any atom is 0.187 e.